The van der Waals surface area contributed by atoms with Gasteiger partial charge in [-0.15, -0.1) is 0 Å². The zero-order chi connectivity index (χ0) is 24.9. The molecule has 4 rings (SSSR count). The van der Waals surface area contributed by atoms with E-state index in [1.54, 1.807) is 12.1 Å². The predicted octanol–water partition coefficient (Wildman–Crippen LogP) is 6.04. The molecule has 1 fully saturated rings. The van der Waals surface area contributed by atoms with Gasteiger partial charge in [-0.05, 0) is 48.7 Å². The second-order valence-electron chi connectivity index (χ2n) is 8.03. The molecular formula is C27H21Cl2N3O2S. The highest BCUT2D eigenvalue weighted by molar-refractivity contribution is 8.05. The lowest BCUT2D eigenvalue weighted by Gasteiger charge is -2.19. The first-order valence-corrected chi connectivity index (χ1v) is 12.5. The fraction of sp³-hybridized carbons (Fsp3) is 0.148. The maximum Gasteiger partial charge on any atom is 0.264 e. The molecule has 5 nitrogen and oxygen atoms in total. The van der Waals surface area contributed by atoms with Crippen molar-refractivity contribution in [1.29, 1.82) is 5.26 Å². The molecule has 0 aliphatic carbocycles. The summed E-state index contributed by atoms with van der Waals surface area (Å²) in [7, 11) is 0. The standard InChI is InChI=1S/C27H21Cl2N3O2S/c1-17-7-10-20(11-8-17)32-26(34)24(14-19-9-12-22(28)23(29)13-19)35-27(32)21(15-30)25(33)31-16-18-5-3-2-4-6-18/h2-13,24H,14,16H2,1H3,(H,31,33)/b27-21-/t24-/m1/s1. The molecule has 0 aromatic heterocycles. The van der Waals surface area contributed by atoms with E-state index in [2.05, 4.69) is 5.32 Å². The van der Waals surface area contributed by atoms with Gasteiger partial charge in [0.1, 0.15) is 16.7 Å². The minimum Gasteiger partial charge on any atom is -0.347 e. The molecule has 0 spiro atoms. The van der Waals surface area contributed by atoms with Gasteiger partial charge in [0.05, 0.1) is 15.3 Å². The largest absolute Gasteiger partial charge is 0.347 e. The Labute approximate surface area is 218 Å². The van der Waals surface area contributed by atoms with E-state index >= 15 is 0 Å². The molecular weight excluding hydrogens is 501 g/mol. The van der Waals surface area contributed by atoms with Crippen molar-refractivity contribution in [3.63, 3.8) is 0 Å². The van der Waals surface area contributed by atoms with E-state index in [-0.39, 0.29) is 18.0 Å². The number of hydrogen-bond donors (Lipinski definition) is 1. The average Bonchev–Trinajstić information content (AvgIpc) is 3.17. The maximum absolute atomic E-state index is 13.6. The molecule has 1 saturated heterocycles. The number of rotatable bonds is 6. The van der Waals surface area contributed by atoms with Gasteiger partial charge < -0.3 is 5.32 Å². The van der Waals surface area contributed by atoms with Crippen LogP contribution in [0.4, 0.5) is 5.69 Å². The van der Waals surface area contributed by atoms with Crippen molar-refractivity contribution >= 4 is 52.5 Å². The van der Waals surface area contributed by atoms with Crippen LogP contribution in [-0.4, -0.2) is 17.1 Å². The normalized spacial score (nSPS) is 16.7. The molecule has 176 valence electrons. The molecule has 0 unspecified atom stereocenters. The van der Waals surface area contributed by atoms with E-state index in [0.717, 1.165) is 16.7 Å². The zero-order valence-corrected chi connectivity index (χ0v) is 21.1. The lowest BCUT2D eigenvalue weighted by Crippen LogP contribution is -2.32. The Morgan fingerprint density at radius 1 is 1.03 bits per heavy atom. The van der Waals surface area contributed by atoms with Gasteiger partial charge >= 0.3 is 0 Å². The summed E-state index contributed by atoms with van der Waals surface area (Å²) in [6.07, 6.45) is 0.372. The Bertz CT molecular complexity index is 1330. The first kappa shape index (κ1) is 24.9. The molecule has 1 atom stereocenters. The summed E-state index contributed by atoms with van der Waals surface area (Å²) in [6.45, 7) is 2.22. The number of aryl methyl sites for hydroxylation is 1. The molecule has 8 heteroatoms. The van der Waals surface area contributed by atoms with Crippen molar-refractivity contribution in [2.24, 2.45) is 0 Å². The summed E-state index contributed by atoms with van der Waals surface area (Å²) >= 11 is 13.4. The molecule has 35 heavy (non-hydrogen) atoms. The highest BCUT2D eigenvalue weighted by atomic mass is 35.5. The number of carbonyl (C=O) groups is 2. The van der Waals surface area contributed by atoms with E-state index in [1.807, 2.05) is 73.7 Å². The van der Waals surface area contributed by atoms with Gasteiger partial charge in [-0.1, -0.05) is 89.1 Å². The summed E-state index contributed by atoms with van der Waals surface area (Å²) in [4.78, 5) is 28.1. The van der Waals surface area contributed by atoms with E-state index in [9.17, 15) is 14.9 Å². The van der Waals surface area contributed by atoms with E-state index in [4.69, 9.17) is 23.2 Å². The minimum absolute atomic E-state index is 0.100. The van der Waals surface area contributed by atoms with Gasteiger partial charge in [-0.2, -0.15) is 5.26 Å². The van der Waals surface area contributed by atoms with Crippen LogP contribution in [0, 0.1) is 18.3 Å². The summed E-state index contributed by atoms with van der Waals surface area (Å²) in [6, 6.07) is 24.1. The van der Waals surface area contributed by atoms with Crippen molar-refractivity contribution < 1.29 is 9.59 Å². The van der Waals surface area contributed by atoms with E-state index < -0.39 is 11.2 Å². The van der Waals surface area contributed by atoms with Gasteiger partial charge in [0.25, 0.3) is 5.91 Å². The van der Waals surface area contributed by atoms with Crippen molar-refractivity contribution in [2.45, 2.75) is 25.1 Å². The molecule has 3 aromatic rings. The quantitative estimate of drug-likeness (QED) is 0.316. The van der Waals surface area contributed by atoms with Crippen molar-refractivity contribution in [2.75, 3.05) is 4.90 Å². The van der Waals surface area contributed by atoms with Crippen molar-refractivity contribution in [1.82, 2.24) is 5.32 Å². The van der Waals surface area contributed by atoms with Crippen LogP contribution in [0.25, 0.3) is 0 Å². The van der Waals surface area contributed by atoms with Gasteiger partial charge in [0, 0.05) is 12.2 Å². The molecule has 0 radical (unpaired) electrons. The van der Waals surface area contributed by atoms with Crippen LogP contribution >= 0.6 is 35.0 Å². The van der Waals surface area contributed by atoms with E-state index in [1.165, 1.54) is 16.7 Å². The predicted molar refractivity (Wildman–Crippen MR) is 141 cm³/mol. The minimum atomic E-state index is -0.534. The Morgan fingerprint density at radius 2 is 1.74 bits per heavy atom. The Morgan fingerprint density at radius 3 is 2.40 bits per heavy atom. The third-order valence-electron chi connectivity index (χ3n) is 5.50. The van der Waals surface area contributed by atoms with Gasteiger partial charge in [-0.25, -0.2) is 0 Å². The number of benzene rings is 3. The number of anilines is 1. The van der Waals surface area contributed by atoms with Crippen LogP contribution in [0.1, 0.15) is 16.7 Å². The topological polar surface area (TPSA) is 73.2 Å². The van der Waals surface area contributed by atoms with Gasteiger partial charge in [0.2, 0.25) is 5.91 Å². The molecule has 2 amide bonds. The Kier molecular flexibility index (Phi) is 7.82. The SMILES string of the molecule is Cc1ccc(N2C(=O)[C@@H](Cc3ccc(Cl)c(Cl)c3)S/C2=C(/C#N)C(=O)NCc2ccccc2)cc1. The third-order valence-corrected chi connectivity index (χ3v) is 7.50. The third kappa shape index (κ3) is 5.71. The Balaban J connectivity index is 1.67. The summed E-state index contributed by atoms with van der Waals surface area (Å²) in [5.41, 5.74) is 3.28. The lowest BCUT2D eigenvalue weighted by molar-refractivity contribution is -0.117. The number of nitrogens with zero attached hydrogens (tertiary/aromatic N) is 2. The number of halogens is 2. The number of carbonyl (C=O) groups excluding carboxylic acids is 2. The summed E-state index contributed by atoms with van der Waals surface area (Å²) in [5.74, 6) is -0.734. The zero-order valence-electron chi connectivity index (χ0n) is 18.8. The molecule has 0 bridgehead atoms. The average molecular weight is 522 g/mol. The van der Waals surface area contributed by atoms with Gasteiger partial charge in [0.15, 0.2) is 0 Å². The van der Waals surface area contributed by atoms with Gasteiger partial charge in [-0.3, -0.25) is 14.5 Å². The van der Waals surface area contributed by atoms with E-state index in [0.29, 0.717) is 27.2 Å². The molecule has 1 heterocycles. The first-order valence-electron chi connectivity index (χ1n) is 10.8. The summed E-state index contributed by atoms with van der Waals surface area (Å²) < 4.78 is 0. The highest BCUT2D eigenvalue weighted by Gasteiger charge is 2.40. The number of thioether (sulfide) groups is 1. The molecule has 1 N–H and O–H groups in total. The second kappa shape index (κ2) is 11.0. The fourth-order valence-electron chi connectivity index (χ4n) is 3.66. The molecule has 0 saturated carbocycles. The van der Waals surface area contributed by atoms with Crippen LogP contribution in [0.5, 0.6) is 0 Å². The molecule has 1 aliphatic rings. The van der Waals surface area contributed by atoms with Crippen LogP contribution in [0.3, 0.4) is 0 Å². The lowest BCUT2D eigenvalue weighted by atomic mass is 10.1. The fourth-order valence-corrected chi connectivity index (χ4v) is 5.29. The first-order chi connectivity index (χ1) is 16.9. The number of amides is 2. The van der Waals surface area contributed by atoms with Crippen molar-refractivity contribution in [3.8, 4) is 6.07 Å². The monoisotopic (exact) mass is 521 g/mol. The molecule has 3 aromatic carbocycles. The number of nitriles is 1. The molecule has 1 aliphatic heterocycles. The maximum atomic E-state index is 13.6. The van der Waals surface area contributed by atoms with Crippen LogP contribution in [0.2, 0.25) is 10.0 Å². The summed E-state index contributed by atoms with van der Waals surface area (Å²) in [5, 5.41) is 13.4. The van der Waals surface area contributed by atoms with Crippen LogP contribution < -0.4 is 10.2 Å². The van der Waals surface area contributed by atoms with Crippen LogP contribution in [-0.2, 0) is 22.6 Å². The van der Waals surface area contributed by atoms with Crippen molar-refractivity contribution in [3.05, 3.63) is 110 Å². The smallest absolute Gasteiger partial charge is 0.264 e. The Hall–Kier alpha value is -3.24. The number of nitrogens with one attached hydrogen (secondary N) is 1. The highest BCUT2D eigenvalue weighted by Crippen LogP contribution is 2.42. The second-order valence-corrected chi connectivity index (χ2v) is 10.0. The number of hydrogen-bond acceptors (Lipinski definition) is 4. The van der Waals surface area contributed by atoms with Crippen LogP contribution in [0.15, 0.2) is 83.4 Å².